The van der Waals surface area contributed by atoms with Crippen molar-refractivity contribution in [1.82, 2.24) is 0 Å². The number of aliphatic hydroxyl groups excluding tert-OH is 1. The third-order valence-electron chi connectivity index (χ3n) is 2.99. The molecular formula is C12H13F3OS. The second-order valence-electron chi connectivity index (χ2n) is 4.19. The van der Waals surface area contributed by atoms with Crippen molar-refractivity contribution in [1.29, 1.82) is 0 Å². The number of rotatable bonds is 2. The van der Waals surface area contributed by atoms with Crippen LogP contribution in [-0.4, -0.2) is 16.6 Å². The number of thioether (sulfide) groups is 1. The Labute approximate surface area is 102 Å². The van der Waals surface area contributed by atoms with E-state index in [1.165, 1.54) is 12.1 Å². The standard InChI is InChI=1S/C12H13F3OS/c13-12(14,15)10-3-1-8(2-4-10)11(16)9-5-6-17-7-9/h1-4,9,11,16H,5-7H2. The van der Waals surface area contributed by atoms with Crippen LogP contribution in [0.3, 0.4) is 0 Å². The number of aliphatic hydroxyl groups is 1. The summed E-state index contributed by atoms with van der Waals surface area (Å²) >= 11 is 1.77. The van der Waals surface area contributed by atoms with Crippen molar-refractivity contribution in [2.75, 3.05) is 11.5 Å². The van der Waals surface area contributed by atoms with Gasteiger partial charge in [0, 0.05) is 0 Å². The van der Waals surface area contributed by atoms with E-state index in [-0.39, 0.29) is 5.92 Å². The summed E-state index contributed by atoms with van der Waals surface area (Å²) in [5, 5.41) is 10.0. The summed E-state index contributed by atoms with van der Waals surface area (Å²) in [6, 6.07) is 4.80. The smallest absolute Gasteiger partial charge is 0.388 e. The fourth-order valence-corrected chi connectivity index (χ4v) is 3.23. The predicted molar refractivity (Wildman–Crippen MR) is 61.8 cm³/mol. The molecule has 1 aromatic rings. The van der Waals surface area contributed by atoms with Crippen LogP contribution in [0, 0.1) is 5.92 Å². The van der Waals surface area contributed by atoms with Crippen LogP contribution in [0.2, 0.25) is 0 Å². The van der Waals surface area contributed by atoms with Crippen LogP contribution < -0.4 is 0 Å². The van der Waals surface area contributed by atoms with Gasteiger partial charge in [-0.3, -0.25) is 0 Å². The molecular weight excluding hydrogens is 249 g/mol. The van der Waals surface area contributed by atoms with E-state index >= 15 is 0 Å². The number of hydrogen-bond acceptors (Lipinski definition) is 2. The lowest BCUT2D eigenvalue weighted by molar-refractivity contribution is -0.137. The number of alkyl halides is 3. The molecule has 1 aromatic carbocycles. The molecule has 94 valence electrons. The maximum atomic E-state index is 12.4. The fourth-order valence-electron chi connectivity index (χ4n) is 1.94. The maximum absolute atomic E-state index is 12.4. The van der Waals surface area contributed by atoms with E-state index in [0.717, 1.165) is 30.1 Å². The van der Waals surface area contributed by atoms with Gasteiger partial charge in [-0.05, 0) is 41.5 Å². The van der Waals surface area contributed by atoms with Gasteiger partial charge in [0.2, 0.25) is 0 Å². The quantitative estimate of drug-likeness (QED) is 0.880. The molecule has 1 fully saturated rings. The van der Waals surface area contributed by atoms with Gasteiger partial charge in [0.15, 0.2) is 0 Å². The summed E-state index contributed by atoms with van der Waals surface area (Å²) in [6.07, 6.45) is -4.04. The predicted octanol–water partition coefficient (Wildman–Crippen LogP) is 3.49. The van der Waals surface area contributed by atoms with Gasteiger partial charge < -0.3 is 5.11 Å². The summed E-state index contributed by atoms with van der Waals surface area (Å²) in [5.41, 5.74) is -0.0975. The molecule has 1 aliphatic rings. The lowest BCUT2D eigenvalue weighted by Crippen LogP contribution is -2.12. The van der Waals surface area contributed by atoms with Crippen molar-refractivity contribution in [3.8, 4) is 0 Å². The molecule has 0 amide bonds. The second-order valence-corrected chi connectivity index (χ2v) is 5.34. The van der Waals surface area contributed by atoms with Gasteiger partial charge in [-0.15, -0.1) is 0 Å². The van der Waals surface area contributed by atoms with Gasteiger partial charge in [-0.2, -0.15) is 24.9 Å². The number of halogens is 3. The molecule has 2 unspecified atom stereocenters. The van der Waals surface area contributed by atoms with E-state index in [4.69, 9.17) is 0 Å². The maximum Gasteiger partial charge on any atom is 0.416 e. The molecule has 2 rings (SSSR count). The highest BCUT2D eigenvalue weighted by Gasteiger charge is 2.31. The first-order chi connectivity index (χ1) is 7.98. The summed E-state index contributed by atoms with van der Waals surface area (Å²) in [4.78, 5) is 0. The average molecular weight is 262 g/mol. The van der Waals surface area contributed by atoms with Crippen molar-refractivity contribution < 1.29 is 18.3 Å². The average Bonchev–Trinajstić information content (AvgIpc) is 2.80. The van der Waals surface area contributed by atoms with Crippen molar-refractivity contribution in [3.05, 3.63) is 35.4 Å². The molecule has 1 aliphatic heterocycles. The van der Waals surface area contributed by atoms with Gasteiger partial charge in [-0.1, -0.05) is 12.1 Å². The van der Waals surface area contributed by atoms with E-state index < -0.39 is 17.8 Å². The third kappa shape index (κ3) is 2.96. The molecule has 1 N–H and O–H groups in total. The zero-order valence-electron chi connectivity index (χ0n) is 9.07. The van der Waals surface area contributed by atoms with Gasteiger partial charge >= 0.3 is 6.18 Å². The zero-order valence-corrected chi connectivity index (χ0v) is 9.89. The largest absolute Gasteiger partial charge is 0.416 e. The molecule has 1 saturated heterocycles. The Bertz CT molecular complexity index is 368. The van der Waals surface area contributed by atoms with Crippen molar-refractivity contribution >= 4 is 11.8 Å². The first kappa shape index (κ1) is 12.8. The molecule has 17 heavy (non-hydrogen) atoms. The fraction of sp³-hybridized carbons (Fsp3) is 0.500. The first-order valence-corrected chi connectivity index (χ1v) is 6.57. The Morgan fingerprint density at radius 2 is 1.88 bits per heavy atom. The van der Waals surface area contributed by atoms with Crippen LogP contribution in [0.1, 0.15) is 23.7 Å². The molecule has 0 aliphatic carbocycles. The van der Waals surface area contributed by atoms with Crippen molar-refractivity contribution in [2.45, 2.75) is 18.7 Å². The molecule has 1 nitrogen and oxygen atoms in total. The highest BCUT2D eigenvalue weighted by Crippen LogP contribution is 2.35. The van der Waals surface area contributed by atoms with Crippen molar-refractivity contribution in [2.24, 2.45) is 5.92 Å². The Morgan fingerprint density at radius 1 is 1.24 bits per heavy atom. The van der Waals surface area contributed by atoms with Gasteiger partial charge in [-0.25, -0.2) is 0 Å². The van der Waals surface area contributed by atoms with E-state index in [9.17, 15) is 18.3 Å². The summed E-state index contributed by atoms with van der Waals surface area (Å²) in [6.45, 7) is 0. The molecule has 0 spiro atoms. The monoisotopic (exact) mass is 262 g/mol. The van der Waals surface area contributed by atoms with Crippen LogP contribution in [0.5, 0.6) is 0 Å². The summed E-state index contributed by atoms with van der Waals surface area (Å²) in [7, 11) is 0. The van der Waals surface area contributed by atoms with E-state index in [0.29, 0.717) is 5.56 Å². The molecule has 5 heteroatoms. The van der Waals surface area contributed by atoms with E-state index in [2.05, 4.69) is 0 Å². The Kier molecular flexibility index (Phi) is 3.68. The topological polar surface area (TPSA) is 20.2 Å². The molecule has 2 atom stereocenters. The molecule has 0 aromatic heterocycles. The van der Waals surface area contributed by atoms with E-state index in [1.54, 1.807) is 11.8 Å². The number of benzene rings is 1. The summed E-state index contributed by atoms with van der Waals surface area (Å²) < 4.78 is 37.1. The summed E-state index contributed by atoms with van der Waals surface area (Å²) in [5.74, 6) is 2.06. The Balaban J connectivity index is 2.12. The van der Waals surface area contributed by atoms with Crippen LogP contribution in [0.15, 0.2) is 24.3 Å². The van der Waals surface area contributed by atoms with Crippen LogP contribution in [-0.2, 0) is 6.18 Å². The van der Waals surface area contributed by atoms with Gasteiger partial charge in [0.05, 0.1) is 11.7 Å². The van der Waals surface area contributed by atoms with Gasteiger partial charge in [0.25, 0.3) is 0 Å². The third-order valence-corrected chi connectivity index (χ3v) is 4.18. The molecule has 0 bridgehead atoms. The van der Waals surface area contributed by atoms with Gasteiger partial charge in [0.1, 0.15) is 0 Å². The van der Waals surface area contributed by atoms with Crippen LogP contribution in [0.4, 0.5) is 13.2 Å². The Hall–Kier alpha value is -0.680. The first-order valence-electron chi connectivity index (χ1n) is 5.41. The lowest BCUT2D eigenvalue weighted by atomic mass is 9.95. The number of hydrogen-bond donors (Lipinski definition) is 1. The van der Waals surface area contributed by atoms with E-state index in [1.807, 2.05) is 0 Å². The van der Waals surface area contributed by atoms with Crippen LogP contribution >= 0.6 is 11.8 Å². The minimum absolute atomic E-state index is 0.164. The lowest BCUT2D eigenvalue weighted by Gasteiger charge is -2.18. The Morgan fingerprint density at radius 3 is 2.35 bits per heavy atom. The SMILES string of the molecule is OC(c1ccc(C(F)(F)F)cc1)C1CCSC1. The normalized spacial score (nSPS) is 22.7. The second kappa shape index (κ2) is 4.90. The minimum atomic E-state index is -4.31. The van der Waals surface area contributed by atoms with Crippen molar-refractivity contribution in [3.63, 3.8) is 0 Å². The minimum Gasteiger partial charge on any atom is -0.388 e. The highest BCUT2D eigenvalue weighted by molar-refractivity contribution is 7.99. The molecule has 1 heterocycles. The highest BCUT2D eigenvalue weighted by atomic mass is 32.2. The molecule has 0 saturated carbocycles. The van der Waals surface area contributed by atoms with Crippen LogP contribution in [0.25, 0.3) is 0 Å². The molecule has 0 radical (unpaired) electrons. The zero-order chi connectivity index (χ0) is 12.5.